The van der Waals surface area contributed by atoms with Crippen molar-refractivity contribution < 1.29 is 24.2 Å². The maximum absolute atomic E-state index is 12.8. The Hall–Kier alpha value is -3.12. The molecular formula is C20H17NO5. The summed E-state index contributed by atoms with van der Waals surface area (Å²) in [5, 5.41) is 12.3. The Morgan fingerprint density at radius 2 is 1.58 bits per heavy atom. The summed E-state index contributed by atoms with van der Waals surface area (Å²) >= 11 is 0. The zero-order chi connectivity index (χ0) is 18.1. The maximum atomic E-state index is 12.8. The molecule has 2 bridgehead atoms. The second-order valence-corrected chi connectivity index (χ2v) is 6.24. The predicted molar refractivity (Wildman–Crippen MR) is 94.0 cm³/mol. The first-order valence-corrected chi connectivity index (χ1v) is 8.33. The average Bonchev–Trinajstić information content (AvgIpc) is 3.25. The summed E-state index contributed by atoms with van der Waals surface area (Å²) in [6.07, 6.45) is 2.40. The molecule has 0 radical (unpaired) electrons. The fourth-order valence-electron chi connectivity index (χ4n) is 3.41. The Balaban J connectivity index is 1.55. The van der Waals surface area contributed by atoms with Gasteiger partial charge < -0.3 is 19.9 Å². The minimum absolute atomic E-state index is 0.390. The molecule has 2 N–H and O–H groups in total. The van der Waals surface area contributed by atoms with E-state index in [1.54, 1.807) is 36.4 Å². The van der Waals surface area contributed by atoms with E-state index in [2.05, 4.69) is 5.32 Å². The molecule has 2 aromatic rings. The largest absolute Gasteiger partial charge is 0.481 e. The van der Waals surface area contributed by atoms with Gasteiger partial charge in [-0.15, -0.1) is 0 Å². The van der Waals surface area contributed by atoms with E-state index in [1.807, 2.05) is 30.3 Å². The second-order valence-electron chi connectivity index (χ2n) is 6.24. The molecule has 0 aliphatic carbocycles. The number of hydrogen-bond acceptors (Lipinski definition) is 4. The van der Waals surface area contributed by atoms with Crippen molar-refractivity contribution in [1.29, 1.82) is 0 Å². The molecule has 1 saturated heterocycles. The first kappa shape index (κ1) is 16.4. The molecule has 2 aromatic carbocycles. The number of hydrogen-bond donors (Lipinski definition) is 2. The summed E-state index contributed by atoms with van der Waals surface area (Å²) in [5.74, 6) is -1.95. The molecule has 132 valence electrons. The van der Waals surface area contributed by atoms with Crippen LogP contribution in [-0.2, 0) is 14.3 Å². The van der Waals surface area contributed by atoms with E-state index in [0.717, 1.165) is 0 Å². The number of ether oxygens (including phenoxy) is 2. The van der Waals surface area contributed by atoms with Crippen LogP contribution in [0.1, 0.15) is 0 Å². The molecule has 2 aliphatic heterocycles. The summed E-state index contributed by atoms with van der Waals surface area (Å²) in [6, 6.07) is 16.3. The summed E-state index contributed by atoms with van der Waals surface area (Å²) in [6.45, 7) is 0. The van der Waals surface area contributed by atoms with Gasteiger partial charge in [-0.2, -0.15) is 0 Å². The summed E-state index contributed by atoms with van der Waals surface area (Å²) in [4.78, 5) is 24.3. The molecule has 0 aromatic heterocycles. The highest BCUT2D eigenvalue weighted by molar-refractivity contribution is 5.97. The van der Waals surface area contributed by atoms with Crippen LogP contribution in [-0.4, -0.2) is 29.2 Å². The van der Waals surface area contributed by atoms with Gasteiger partial charge in [-0.3, -0.25) is 9.59 Å². The summed E-state index contributed by atoms with van der Waals surface area (Å²) < 4.78 is 11.4. The first-order chi connectivity index (χ1) is 12.6. The standard InChI is InChI=1S/C20H17NO5/c22-19(17-15-10-11-16(26-15)18(17)20(23)24)21-13-8-4-5-9-14(13)25-12-6-2-1-3-7-12/h1-11,15-18H,(H,21,22)(H,23,24)/t15-,16+,17+,18-/m1/s1. The number of rotatable bonds is 5. The zero-order valence-corrected chi connectivity index (χ0v) is 13.7. The van der Waals surface area contributed by atoms with Gasteiger partial charge in [0.2, 0.25) is 5.91 Å². The lowest BCUT2D eigenvalue weighted by atomic mass is 9.82. The molecule has 0 unspecified atom stereocenters. The number of carboxylic acid groups (broad SMARTS) is 1. The zero-order valence-electron chi connectivity index (χ0n) is 13.7. The van der Waals surface area contributed by atoms with Crippen LogP contribution in [0, 0.1) is 11.8 Å². The number of benzene rings is 2. The lowest BCUT2D eigenvalue weighted by Crippen LogP contribution is -2.39. The highest BCUT2D eigenvalue weighted by atomic mass is 16.5. The summed E-state index contributed by atoms with van der Waals surface area (Å²) in [7, 11) is 0. The number of amides is 1. The number of carboxylic acids is 1. The van der Waals surface area contributed by atoms with Gasteiger partial charge in [0.1, 0.15) is 11.7 Å². The van der Waals surface area contributed by atoms with Crippen LogP contribution in [0.4, 0.5) is 5.69 Å². The van der Waals surface area contributed by atoms with Gasteiger partial charge in [0, 0.05) is 0 Å². The van der Waals surface area contributed by atoms with Gasteiger partial charge in [-0.05, 0) is 24.3 Å². The normalized spacial score (nSPS) is 25.8. The van der Waals surface area contributed by atoms with Crippen molar-refractivity contribution in [2.24, 2.45) is 11.8 Å². The molecule has 0 spiro atoms. The molecule has 0 saturated carbocycles. The van der Waals surface area contributed by atoms with E-state index in [9.17, 15) is 14.7 Å². The van der Waals surface area contributed by atoms with Crippen LogP contribution >= 0.6 is 0 Å². The number of anilines is 1. The van der Waals surface area contributed by atoms with Crippen LogP contribution < -0.4 is 10.1 Å². The Labute approximate surface area is 150 Å². The fourth-order valence-corrected chi connectivity index (χ4v) is 3.41. The van der Waals surface area contributed by atoms with Gasteiger partial charge in [0.05, 0.1) is 23.8 Å². The van der Waals surface area contributed by atoms with E-state index in [4.69, 9.17) is 9.47 Å². The van der Waals surface area contributed by atoms with Crippen LogP contribution in [0.15, 0.2) is 66.7 Å². The molecule has 1 fully saturated rings. The topological polar surface area (TPSA) is 84.9 Å². The van der Waals surface area contributed by atoms with Crippen molar-refractivity contribution in [2.45, 2.75) is 12.2 Å². The smallest absolute Gasteiger partial charge is 0.310 e. The van der Waals surface area contributed by atoms with Gasteiger partial charge in [-0.25, -0.2) is 0 Å². The first-order valence-electron chi connectivity index (χ1n) is 8.33. The third-order valence-corrected chi connectivity index (χ3v) is 4.60. The van der Waals surface area contributed by atoms with Crippen LogP contribution in [0.2, 0.25) is 0 Å². The monoisotopic (exact) mass is 351 g/mol. The highest BCUT2D eigenvalue weighted by Gasteiger charge is 2.53. The summed E-state index contributed by atoms with van der Waals surface area (Å²) in [5.41, 5.74) is 0.484. The van der Waals surface area contributed by atoms with Crippen molar-refractivity contribution in [3.8, 4) is 11.5 Å². The van der Waals surface area contributed by atoms with Crippen LogP contribution in [0.25, 0.3) is 0 Å². The maximum Gasteiger partial charge on any atom is 0.310 e. The number of aliphatic carboxylic acids is 1. The quantitative estimate of drug-likeness (QED) is 0.809. The van der Waals surface area contributed by atoms with Crippen molar-refractivity contribution in [2.75, 3.05) is 5.32 Å². The van der Waals surface area contributed by atoms with Crippen molar-refractivity contribution >= 4 is 17.6 Å². The minimum atomic E-state index is -1.03. The molecule has 2 heterocycles. The SMILES string of the molecule is O=C(Nc1ccccc1Oc1ccccc1)[C@@H]1[C@H](C(=O)O)[C@@H]2C=C[C@H]1O2. The molecule has 1 amide bonds. The number of fused-ring (bicyclic) bond motifs is 2. The fraction of sp³-hybridized carbons (Fsp3) is 0.200. The lowest BCUT2D eigenvalue weighted by molar-refractivity contribution is -0.145. The van der Waals surface area contributed by atoms with E-state index < -0.39 is 35.9 Å². The molecule has 4 rings (SSSR count). The Kier molecular flexibility index (Phi) is 4.18. The van der Waals surface area contributed by atoms with E-state index in [1.165, 1.54) is 0 Å². The third-order valence-electron chi connectivity index (χ3n) is 4.60. The van der Waals surface area contributed by atoms with E-state index >= 15 is 0 Å². The van der Waals surface area contributed by atoms with Crippen molar-refractivity contribution in [3.05, 3.63) is 66.7 Å². The number of carbonyl (C=O) groups excluding carboxylic acids is 1. The average molecular weight is 351 g/mol. The van der Waals surface area contributed by atoms with Gasteiger partial charge >= 0.3 is 5.97 Å². The number of para-hydroxylation sites is 3. The van der Waals surface area contributed by atoms with E-state index in [-0.39, 0.29) is 0 Å². The van der Waals surface area contributed by atoms with Crippen LogP contribution in [0.3, 0.4) is 0 Å². The predicted octanol–water partition coefficient (Wildman–Crippen LogP) is 3.07. The second kappa shape index (κ2) is 6.65. The molecule has 6 nitrogen and oxygen atoms in total. The lowest BCUT2D eigenvalue weighted by Gasteiger charge is -2.21. The van der Waals surface area contributed by atoms with Crippen LogP contribution in [0.5, 0.6) is 11.5 Å². The Morgan fingerprint density at radius 1 is 0.923 bits per heavy atom. The number of nitrogens with one attached hydrogen (secondary N) is 1. The van der Waals surface area contributed by atoms with Gasteiger partial charge in [-0.1, -0.05) is 42.5 Å². The minimum Gasteiger partial charge on any atom is -0.481 e. The Morgan fingerprint density at radius 3 is 2.31 bits per heavy atom. The highest BCUT2D eigenvalue weighted by Crippen LogP contribution is 2.40. The molecular weight excluding hydrogens is 334 g/mol. The molecule has 2 aliphatic rings. The molecule has 6 heteroatoms. The molecule has 26 heavy (non-hydrogen) atoms. The van der Waals surface area contributed by atoms with Gasteiger partial charge in [0.25, 0.3) is 0 Å². The van der Waals surface area contributed by atoms with Gasteiger partial charge in [0.15, 0.2) is 5.75 Å². The van der Waals surface area contributed by atoms with Crippen molar-refractivity contribution in [1.82, 2.24) is 0 Å². The Bertz CT molecular complexity index is 864. The molecule has 4 atom stereocenters. The number of carbonyl (C=O) groups is 2. The van der Waals surface area contributed by atoms with E-state index in [0.29, 0.717) is 17.2 Å². The van der Waals surface area contributed by atoms with Crippen molar-refractivity contribution in [3.63, 3.8) is 0 Å². The third kappa shape index (κ3) is 2.95.